The van der Waals surface area contributed by atoms with Gasteiger partial charge >= 0.3 is 5.97 Å². The quantitative estimate of drug-likeness (QED) is 0.882. The van der Waals surface area contributed by atoms with Gasteiger partial charge in [-0.3, -0.25) is 4.79 Å². The smallest absolute Gasteiger partial charge is 0.323 e. The summed E-state index contributed by atoms with van der Waals surface area (Å²) in [4.78, 5) is 11.7. The molecule has 0 saturated carbocycles. The second-order valence-electron chi connectivity index (χ2n) is 3.28. The third-order valence-corrected chi connectivity index (χ3v) is 3.15. The topological polar surface area (TPSA) is 42.2 Å². The Hall–Kier alpha value is -1.68. The van der Waals surface area contributed by atoms with Crippen molar-refractivity contribution in [3.05, 3.63) is 48.7 Å². The Kier molecular flexibility index (Phi) is 3.31. The summed E-state index contributed by atoms with van der Waals surface area (Å²) in [5, 5.41) is 9.68. The van der Waals surface area contributed by atoms with Crippen LogP contribution in [0.1, 0.15) is 0 Å². The van der Waals surface area contributed by atoms with Gasteiger partial charge in [0.1, 0.15) is 6.54 Å². The van der Waals surface area contributed by atoms with E-state index in [2.05, 4.69) is 0 Å². The summed E-state index contributed by atoms with van der Waals surface area (Å²) in [6.07, 6.45) is 1.78. The summed E-state index contributed by atoms with van der Waals surface area (Å²) in [6.45, 7) is 0.00215. The summed E-state index contributed by atoms with van der Waals surface area (Å²) in [7, 11) is 0. The normalized spacial score (nSPS) is 10.2. The molecule has 2 aromatic rings. The maximum absolute atomic E-state index is 10.6. The Labute approximate surface area is 97.7 Å². The average Bonchev–Trinajstić information content (AvgIpc) is 2.66. The van der Waals surface area contributed by atoms with Crippen LogP contribution in [0.3, 0.4) is 0 Å². The van der Waals surface area contributed by atoms with E-state index in [0.717, 1.165) is 9.92 Å². The van der Waals surface area contributed by atoms with E-state index in [0.29, 0.717) is 0 Å². The molecule has 0 amide bonds. The fraction of sp³-hybridized carbons (Fsp3) is 0.0833. The van der Waals surface area contributed by atoms with Crippen molar-refractivity contribution in [2.24, 2.45) is 0 Å². The van der Waals surface area contributed by atoms with Gasteiger partial charge in [-0.1, -0.05) is 30.0 Å². The van der Waals surface area contributed by atoms with Crippen LogP contribution < -0.4 is 0 Å². The lowest BCUT2D eigenvalue weighted by Gasteiger charge is -2.05. The summed E-state index contributed by atoms with van der Waals surface area (Å²) in [5.74, 6) is -0.828. The van der Waals surface area contributed by atoms with Gasteiger partial charge in [0.2, 0.25) is 0 Å². The second kappa shape index (κ2) is 4.90. The molecule has 82 valence electrons. The largest absolute Gasteiger partial charge is 0.480 e. The number of rotatable bonds is 4. The van der Waals surface area contributed by atoms with Crippen molar-refractivity contribution in [2.75, 3.05) is 0 Å². The van der Waals surface area contributed by atoms with Gasteiger partial charge in [-0.2, -0.15) is 0 Å². The molecule has 16 heavy (non-hydrogen) atoms. The third kappa shape index (κ3) is 2.67. The monoisotopic (exact) mass is 233 g/mol. The van der Waals surface area contributed by atoms with Crippen LogP contribution in [-0.2, 0) is 11.3 Å². The molecule has 1 heterocycles. The summed E-state index contributed by atoms with van der Waals surface area (Å²) in [6, 6.07) is 13.7. The first-order valence-electron chi connectivity index (χ1n) is 4.85. The molecule has 3 nitrogen and oxygen atoms in total. The third-order valence-electron chi connectivity index (χ3n) is 2.06. The molecule has 0 unspecified atom stereocenters. The SMILES string of the molecule is O=C(O)Cn1cccc1Sc1ccccc1. The van der Waals surface area contributed by atoms with E-state index in [1.165, 1.54) is 0 Å². The van der Waals surface area contributed by atoms with Crippen LogP contribution in [0.15, 0.2) is 58.6 Å². The zero-order valence-corrected chi connectivity index (χ0v) is 9.35. The Morgan fingerprint density at radius 2 is 1.94 bits per heavy atom. The summed E-state index contributed by atoms with van der Waals surface area (Å²) in [5.41, 5.74) is 0. The van der Waals surface area contributed by atoms with Crippen LogP contribution in [0.5, 0.6) is 0 Å². The minimum absolute atomic E-state index is 0.00215. The molecule has 0 saturated heterocycles. The van der Waals surface area contributed by atoms with Crippen molar-refractivity contribution in [1.29, 1.82) is 0 Å². The van der Waals surface area contributed by atoms with Crippen molar-refractivity contribution in [1.82, 2.24) is 4.57 Å². The molecule has 4 heteroatoms. The predicted octanol–water partition coefficient (Wildman–Crippen LogP) is 2.72. The van der Waals surface area contributed by atoms with Crippen molar-refractivity contribution in [3.8, 4) is 0 Å². The first-order valence-corrected chi connectivity index (χ1v) is 5.67. The van der Waals surface area contributed by atoms with Gasteiger partial charge in [0, 0.05) is 11.1 Å². The number of benzene rings is 1. The minimum Gasteiger partial charge on any atom is -0.480 e. The van der Waals surface area contributed by atoms with E-state index in [9.17, 15) is 4.79 Å². The van der Waals surface area contributed by atoms with Gasteiger partial charge in [-0.15, -0.1) is 0 Å². The van der Waals surface area contributed by atoms with Gasteiger partial charge in [0.05, 0.1) is 5.03 Å². The van der Waals surface area contributed by atoms with E-state index in [1.54, 1.807) is 22.5 Å². The van der Waals surface area contributed by atoms with Crippen LogP contribution in [0.2, 0.25) is 0 Å². The molecule has 0 fully saturated rings. The number of aromatic nitrogens is 1. The van der Waals surface area contributed by atoms with Gasteiger partial charge in [0.15, 0.2) is 0 Å². The lowest BCUT2D eigenvalue weighted by molar-refractivity contribution is -0.137. The molecule has 0 aliphatic carbocycles. The molecular formula is C12H11NO2S. The molecule has 0 aliphatic heterocycles. The number of carboxylic acid groups (broad SMARTS) is 1. The first-order chi connectivity index (χ1) is 7.75. The van der Waals surface area contributed by atoms with Crippen molar-refractivity contribution < 1.29 is 9.90 Å². The molecule has 0 bridgehead atoms. The molecule has 0 radical (unpaired) electrons. The lowest BCUT2D eigenvalue weighted by atomic mass is 10.4. The molecule has 1 aromatic heterocycles. The first kappa shape index (κ1) is 10.8. The average molecular weight is 233 g/mol. The maximum atomic E-state index is 10.6. The van der Waals surface area contributed by atoms with Gasteiger partial charge in [-0.05, 0) is 24.3 Å². The molecule has 2 rings (SSSR count). The minimum atomic E-state index is -0.828. The van der Waals surface area contributed by atoms with Gasteiger partial charge in [0.25, 0.3) is 0 Å². The van der Waals surface area contributed by atoms with E-state index in [1.807, 2.05) is 42.5 Å². The van der Waals surface area contributed by atoms with Crippen LogP contribution in [-0.4, -0.2) is 15.6 Å². The predicted molar refractivity (Wildman–Crippen MR) is 62.6 cm³/mol. The molecular weight excluding hydrogens is 222 g/mol. The zero-order valence-electron chi connectivity index (χ0n) is 8.54. The molecule has 0 spiro atoms. The van der Waals surface area contributed by atoms with Crippen molar-refractivity contribution >= 4 is 17.7 Å². The number of hydrogen-bond donors (Lipinski definition) is 1. The summed E-state index contributed by atoms with van der Waals surface area (Å²) >= 11 is 1.56. The molecule has 0 atom stereocenters. The number of carboxylic acids is 1. The van der Waals surface area contributed by atoms with Gasteiger partial charge < -0.3 is 9.67 Å². The highest BCUT2D eigenvalue weighted by atomic mass is 32.2. The van der Waals surface area contributed by atoms with Crippen LogP contribution >= 0.6 is 11.8 Å². The molecule has 1 aromatic carbocycles. The fourth-order valence-electron chi connectivity index (χ4n) is 1.38. The van der Waals surface area contributed by atoms with Crippen molar-refractivity contribution in [2.45, 2.75) is 16.5 Å². The Balaban J connectivity index is 2.16. The van der Waals surface area contributed by atoms with Crippen LogP contribution in [0, 0.1) is 0 Å². The number of hydrogen-bond acceptors (Lipinski definition) is 2. The van der Waals surface area contributed by atoms with E-state index in [-0.39, 0.29) is 6.54 Å². The van der Waals surface area contributed by atoms with Gasteiger partial charge in [-0.25, -0.2) is 0 Å². The highest BCUT2D eigenvalue weighted by molar-refractivity contribution is 7.99. The standard InChI is InChI=1S/C12H11NO2S/c14-12(15)9-13-8-4-7-11(13)16-10-5-2-1-3-6-10/h1-8H,9H2,(H,14,15). The van der Waals surface area contributed by atoms with Crippen LogP contribution in [0.25, 0.3) is 0 Å². The number of aliphatic carboxylic acids is 1. The summed E-state index contributed by atoms with van der Waals surface area (Å²) < 4.78 is 1.72. The highest BCUT2D eigenvalue weighted by Gasteiger charge is 2.05. The van der Waals surface area contributed by atoms with Crippen LogP contribution in [0.4, 0.5) is 0 Å². The number of nitrogens with zero attached hydrogens (tertiary/aromatic N) is 1. The Morgan fingerprint density at radius 1 is 1.19 bits per heavy atom. The lowest BCUT2D eigenvalue weighted by Crippen LogP contribution is -2.08. The van der Waals surface area contributed by atoms with E-state index in [4.69, 9.17) is 5.11 Å². The highest BCUT2D eigenvalue weighted by Crippen LogP contribution is 2.27. The van der Waals surface area contributed by atoms with E-state index < -0.39 is 5.97 Å². The zero-order chi connectivity index (χ0) is 11.4. The molecule has 1 N–H and O–H groups in total. The molecule has 0 aliphatic rings. The number of carbonyl (C=O) groups is 1. The Morgan fingerprint density at radius 3 is 2.62 bits per heavy atom. The maximum Gasteiger partial charge on any atom is 0.323 e. The Bertz CT molecular complexity index is 479. The second-order valence-corrected chi connectivity index (χ2v) is 4.38. The fourth-order valence-corrected chi connectivity index (χ4v) is 2.30. The van der Waals surface area contributed by atoms with Crippen molar-refractivity contribution in [3.63, 3.8) is 0 Å². The van der Waals surface area contributed by atoms with E-state index >= 15 is 0 Å².